The summed E-state index contributed by atoms with van der Waals surface area (Å²) in [7, 11) is 0. The van der Waals surface area contributed by atoms with Crippen molar-refractivity contribution in [1.29, 1.82) is 0 Å². The van der Waals surface area contributed by atoms with E-state index in [0.29, 0.717) is 13.0 Å². The Morgan fingerprint density at radius 3 is 2.58 bits per heavy atom. The quantitative estimate of drug-likeness (QED) is 0.649. The Labute approximate surface area is 117 Å². The molecule has 0 fully saturated rings. The third-order valence-electron chi connectivity index (χ3n) is 2.83. The van der Waals surface area contributed by atoms with E-state index in [2.05, 4.69) is 5.32 Å². The molecule has 5 heteroatoms. The lowest BCUT2D eigenvalue weighted by atomic mass is 10.1. The summed E-state index contributed by atoms with van der Waals surface area (Å²) in [4.78, 5) is 21.8. The van der Waals surface area contributed by atoms with Gasteiger partial charge in [-0.3, -0.25) is 9.59 Å². The summed E-state index contributed by atoms with van der Waals surface area (Å²) < 4.78 is 0. The standard InChI is InChI=1S/C14H21NO3S/c16-13(10-12-7-9-19-11-12)15-8-5-3-1-2-4-6-14(17)18/h7,9,11H,1-6,8,10H2,(H,15,16)(H,17,18). The number of carboxylic acid groups (broad SMARTS) is 1. The maximum atomic E-state index is 11.5. The number of aliphatic carboxylic acids is 1. The van der Waals surface area contributed by atoms with Crippen LogP contribution < -0.4 is 5.32 Å². The van der Waals surface area contributed by atoms with Crippen LogP contribution in [-0.4, -0.2) is 23.5 Å². The van der Waals surface area contributed by atoms with Crippen molar-refractivity contribution in [3.05, 3.63) is 22.4 Å². The van der Waals surface area contributed by atoms with E-state index in [1.54, 1.807) is 11.3 Å². The smallest absolute Gasteiger partial charge is 0.303 e. The number of carboxylic acids is 1. The van der Waals surface area contributed by atoms with Crippen LogP contribution in [0, 0.1) is 0 Å². The Balaban J connectivity index is 1.90. The van der Waals surface area contributed by atoms with Crippen molar-refractivity contribution in [2.45, 2.75) is 44.9 Å². The van der Waals surface area contributed by atoms with Crippen molar-refractivity contribution in [3.63, 3.8) is 0 Å². The number of hydrogen-bond acceptors (Lipinski definition) is 3. The molecule has 1 rings (SSSR count). The van der Waals surface area contributed by atoms with Crippen molar-refractivity contribution in [2.24, 2.45) is 0 Å². The third kappa shape index (κ3) is 8.37. The van der Waals surface area contributed by atoms with Crippen LogP contribution in [-0.2, 0) is 16.0 Å². The van der Waals surface area contributed by atoms with Crippen molar-refractivity contribution in [3.8, 4) is 0 Å². The number of unbranched alkanes of at least 4 members (excludes halogenated alkanes) is 4. The first-order valence-electron chi connectivity index (χ1n) is 6.68. The molecule has 0 spiro atoms. The first-order chi connectivity index (χ1) is 9.18. The normalized spacial score (nSPS) is 10.3. The molecule has 0 bridgehead atoms. The molecule has 4 nitrogen and oxygen atoms in total. The number of rotatable bonds is 10. The molecule has 0 aliphatic rings. The molecule has 0 radical (unpaired) electrons. The van der Waals surface area contributed by atoms with E-state index >= 15 is 0 Å². The minimum absolute atomic E-state index is 0.0734. The molecule has 1 aromatic heterocycles. The Bertz CT molecular complexity index is 376. The lowest BCUT2D eigenvalue weighted by Crippen LogP contribution is -2.25. The Hall–Kier alpha value is -1.36. The summed E-state index contributed by atoms with van der Waals surface area (Å²) in [6, 6.07) is 1.96. The number of carbonyl (C=O) groups is 2. The summed E-state index contributed by atoms with van der Waals surface area (Å²) in [6.45, 7) is 0.710. The molecule has 106 valence electrons. The molecule has 1 heterocycles. The van der Waals surface area contributed by atoms with Gasteiger partial charge >= 0.3 is 5.97 Å². The molecule has 0 saturated heterocycles. The van der Waals surface area contributed by atoms with Gasteiger partial charge in [0.15, 0.2) is 0 Å². The van der Waals surface area contributed by atoms with Crippen LogP contribution in [0.3, 0.4) is 0 Å². The minimum Gasteiger partial charge on any atom is -0.481 e. The molecule has 1 aromatic rings. The van der Waals surface area contributed by atoms with E-state index in [-0.39, 0.29) is 12.3 Å². The van der Waals surface area contributed by atoms with Crippen molar-refractivity contribution < 1.29 is 14.7 Å². The zero-order chi connectivity index (χ0) is 13.9. The van der Waals surface area contributed by atoms with Gasteiger partial charge in [-0.05, 0) is 35.2 Å². The highest BCUT2D eigenvalue weighted by Crippen LogP contribution is 2.07. The van der Waals surface area contributed by atoms with Gasteiger partial charge in [0.2, 0.25) is 5.91 Å². The highest BCUT2D eigenvalue weighted by molar-refractivity contribution is 7.07. The molecular weight excluding hydrogens is 262 g/mol. The average molecular weight is 283 g/mol. The van der Waals surface area contributed by atoms with Crippen LogP contribution in [0.4, 0.5) is 0 Å². The van der Waals surface area contributed by atoms with E-state index < -0.39 is 5.97 Å². The molecule has 0 aliphatic carbocycles. The van der Waals surface area contributed by atoms with Crippen LogP contribution in [0.5, 0.6) is 0 Å². The van der Waals surface area contributed by atoms with E-state index in [0.717, 1.165) is 37.7 Å². The van der Waals surface area contributed by atoms with Crippen LogP contribution >= 0.6 is 11.3 Å². The Morgan fingerprint density at radius 1 is 1.16 bits per heavy atom. The van der Waals surface area contributed by atoms with Gasteiger partial charge in [-0.1, -0.05) is 19.3 Å². The fourth-order valence-electron chi connectivity index (χ4n) is 1.80. The van der Waals surface area contributed by atoms with Crippen molar-refractivity contribution in [2.75, 3.05) is 6.54 Å². The fourth-order valence-corrected chi connectivity index (χ4v) is 2.47. The van der Waals surface area contributed by atoms with Gasteiger partial charge in [-0.2, -0.15) is 11.3 Å². The molecule has 2 N–H and O–H groups in total. The summed E-state index contributed by atoms with van der Waals surface area (Å²) in [5.41, 5.74) is 1.07. The van der Waals surface area contributed by atoms with Gasteiger partial charge in [0, 0.05) is 13.0 Å². The molecule has 19 heavy (non-hydrogen) atoms. The fraction of sp³-hybridized carbons (Fsp3) is 0.571. The molecule has 0 aliphatic heterocycles. The van der Waals surface area contributed by atoms with E-state index in [9.17, 15) is 9.59 Å². The van der Waals surface area contributed by atoms with E-state index in [1.807, 2.05) is 16.8 Å². The second kappa shape index (κ2) is 9.55. The maximum Gasteiger partial charge on any atom is 0.303 e. The summed E-state index contributed by atoms with van der Waals surface area (Å²) in [6.07, 6.45) is 5.46. The Morgan fingerprint density at radius 2 is 1.89 bits per heavy atom. The van der Waals surface area contributed by atoms with Gasteiger partial charge in [0.25, 0.3) is 0 Å². The maximum absolute atomic E-state index is 11.5. The molecular formula is C14H21NO3S. The van der Waals surface area contributed by atoms with Crippen molar-refractivity contribution >= 4 is 23.2 Å². The molecule has 0 saturated carbocycles. The van der Waals surface area contributed by atoms with Crippen LogP contribution in [0.1, 0.15) is 44.1 Å². The predicted octanol–water partition coefficient (Wildman–Crippen LogP) is 2.83. The van der Waals surface area contributed by atoms with Gasteiger partial charge in [-0.15, -0.1) is 0 Å². The van der Waals surface area contributed by atoms with E-state index in [4.69, 9.17) is 5.11 Å². The van der Waals surface area contributed by atoms with Gasteiger partial charge in [0.1, 0.15) is 0 Å². The lowest BCUT2D eigenvalue weighted by molar-refractivity contribution is -0.137. The number of nitrogens with one attached hydrogen (secondary N) is 1. The van der Waals surface area contributed by atoms with Crippen LogP contribution in [0.25, 0.3) is 0 Å². The van der Waals surface area contributed by atoms with Gasteiger partial charge < -0.3 is 10.4 Å². The summed E-state index contributed by atoms with van der Waals surface area (Å²) in [5, 5.41) is 15.3. The monoisotopic (exact) mass is 283 g/mol. The highest BCUT2D eigenvalue weighted by Gasteiger charge is 2.02. The number of hydrogen-bond donors (Lipinski definition) is 2. The summed E-state index contributed by atoms with van der Waals surface area (Å²) in [5.74, 6) is -0.648. The molecule has 0 atom stereocenters. The van der Waals surface area contributed by atoms with Crippen LogP contribution in [0.2, 0.25) is 0 Å². The zero-order valence-corrected chi connectivity index (χ0v) is 11.9. The van der Waals surface area contributed by atoms with Crippen molar-refractivity contribution in [1.82, 2.24) is 5.32 Å². The zero-order valence-electron chi connectivity index (χ0n) is 11.1. The summed E-state index contributed by atoms with van der Waals surface area (Å²) >= 11 is 1.60. The molecule has 1 amide bonds. The topological polar surface area (TPSA) is 66.4 Å². The molecule has 0 aromatic carbocycles. The van der Waals surface area contributed by atoms with E-state index in [1.165, 1.54) is 0 Å². The first-order valence-corrected chi connectivity index (χ1v) is 7.62. The predicted molar refractivity (Wildman–Crippen MR) is 76.4 cm³/mol. The lowest BCUT2D eigenvalue weighted by Gasteiger charge is -2.04. The largest absolute Gasteiger partial charge is 0.481 e. The second-order valence-corrected chi connectivity index (χ2v) is 5.35. The number of carbonyl (C=O) groups excluding carboxylic acids is 1. The SMILES string of the molecule is O=C(O)CCCCCCCNC(=O)Cc1ccsc1. The number of thiophene rings is 1. The average Bonchev–Trinajstić information content (AvgIpc) is 2.85. The molecule has 0 unspecified atom stereocenters. The highest BCUT2D eigenvalue weighted by atomic mass is 32.1. The van der Waals surface area contributed by atoms with Crippen LogP contribution in [0.15, 0.2) is 16.8 Å². The first kappa shape index (κ1) is 15.7. The third-order valence-corrected chi connectivity index (χ3v) is 3.57. The second-order valence-electron chi connectivity index (χ2n) is 4.57. The number of amides is 1. The van der Waals surface area contributed by atoms with Gasteiger partial charge in [-0.25, -0.2) is 0 Å². The minimum atomic E-state index is -0.722. The Kier molecular flexibility index (Phi) is 7.89. The van der Waals surface area contributed by atoms with Gasteiger partial charge in [0.05, 0.1) is 6.42 Å².